The summed E-state index contributed by atoms with van der Waals surface area (Å²) in [5.41, 5.74) is 1.45. The molecule has 1 atom stereocenters. The van der Waals surface area contributed by atoms with Crippen LogP contribution in [0.15, 0.2) is 46.9 Å². The fraction of sp³-hybridized carbons (Fsp3) is 0.188. The quantitative estimate of drug-likeness (QED) is 0.856. The third-order valence-corrected chi connectivity index (χ3v) is 3.89. The first-order chi connectivity index (χ1) is 10.0. The van der Waals surface area contributed by atoms with Gasteiger partial charge in [-0.15, -0.1) is 0 Å². The maximum atomic E-state index is 12.4. The molecule has 0 saturated heterocycles. The van der Waals surface area contributed by atoms with Crippen molar-refractivity contribution >= 4 is 33.4 Å². The number of hydrogen-bond acceptors (Lipinski definition) is 2. The number of nitrogens with one attached hydrogen (secondary N) is 1. The maximum Gasteiger partial charge on any atom is 0.255 e. The minimum atomic E-state index is -0.218. The van der Waals surface area contributed by atoms with Gasteiger partial charge >= 0.3 is 0 Å². The molecule has 5 heteroatoms. The Kier molecular flexibility index (Phi) is 5.26. The standard InChI is InChI=1S/C16H15BrClNO2/c1-10(11-3-5-12(17)6-4-11)19-16(20)14-9-13(18)7-8-15(14)21-2/h3-10H,1-2H3,(H,19,20)/t10-/m1/s1. The lowest BCUT2D eigenvalue weighted by Gasteiger charge is -2.16. The number of methoxy groups -OCH3 is 1. The molecule has 0 aliphatic carbocycles. The summed E-state index contributed by atoms with van der Waals surface area (Å²) in [6, 6.07) is 12.7. The van der Waals surface area contributed by atoms with Gasteiger partial charge < -0.3 is 10.1 Å². The van der Waals surface area contributed by atoms with Crippen LogP contribution in [0, 0.1) is 0 Å². The molecule has 0 aromatic heterocycles. The Bertz CT molecular complexity index is 643. The van der Waals surface area contributed by atoms with Crippen molar-refractivity contribution in [1.82, 2.24) is 5.32 Å². The van der Waals surface area contributed by atoms with Crippen molar-refractivity contribution in [2.75, 3.05) is 7.11 Å². The van der Waals surface area contributed by atoms with Crippen LogP contribution in [0.5, 0.6) is 5.75 Å². The van der Waals surface area contributed by atoms with Gasteiger partial charge in [-0.25, -0.2) is 0 Å². The van der Waals surface area contributed by atoms with Gasteiger partial charge in [-0.1, -0.05) is 39.7 Å². The zero-order valence-corrected chi connectivity index (χ0v) is 14.0. The smallest absolute Gasteiger partial charge is 0.255 e. The summed E-state index contributed by atoms with van der Waals surface area (Å²) in [4.78, 5) is 12.4. The molecule has 0 aliphatic heterocycles. The van der Waals surface area contributed by atoms with Crippen LogP contribution in [0.1, 0.15) is 28.9 Å². The monoisotopic (exact) mass is 367 g/mol. The van der Waals surface area contributed by atoms with Crippen LogP contribution in [-0.2, 0) is 0 Å². The lowest BCUT2D eigenvalue weighted by molar-refractivity contribution is 0.0937. The number of halogens is 2. The normalized spacial score (nSPS) is 11.8. The second-order valence-electron chi connectivity index (χ2n) is 4.59. The Hall–Kier alpha value is -1.52. The molecule has 0 heterocycles. The van der Waals surface area contributed by atoms with E-state index in [4.69, 9.17) is 16.3 Å². The highest BCUT2D eigenvalue weighted by Gasteiger charge is 2.16. The van der Waals surface area contributed by atoms with Crippen molar-refractivity contribution in [3.8, 4) is 5.75 Å². The van der Waals surface area contributed by atoms with Crippen LogP contribution in [0.25, 0.3) is 0 Å². The molecule has 0 radical (unpaired) electrons. The van der Waals surface area contributed by atoms with E-state index in [-0.39, 0.29) is 11.9 Å². The fourth-order valence-corrected chi connectivity index (χ4v) is 2.40. The molecule has 0 saturated carbocycles. The van der Waals surface area contributed by atoms with Gasteiger partial charge in [0, 0.05) is 9.50 Å². The molecule has 2 rings (SSSR count). The first kappa shape index (κ1) is 15.9. The molecule has 0 spiro atoms. The van der Waals surface area contributed by atoms with E-state index < -0.39 is 0 Å². The Labute approximate surface area is 137 Å². The topological polar surface area (TPSA) is 38.3 Å². The predicted molar refractivity (Wildman–Crippen MR) is 88.0 cm³/mol. The summed E-state index contributed by atoms with van der Waals surface area (Å²) in [6.45, 7) is 1.93. The summed E-state index contributed by atoms with van der Waals surface area (Å²) in [5.74, 6) is 0.282. The summed E-state index contributed by atoms with van der Waals surface area (Å²) in [7, 11) is 1.53. The lowest BCUT2D eigenvalue weighted by Crippen LogP contribution is -2.27. The van der Waals surface area contributed by atoms with E-state index in [9.17, 15) is 4.79 Å². The van der Waals surface area contributed by atoms with Crippen LogP contribution >= 0.6 is 27.5 Å². The molecule has 2 aromatic rings. The summed E-state index contributed by atoms with van der Waals surface area (Å²) < 4.78 is 6.20. The van der Waals surface area contributed by atoms with Crippen LogP contribution in [0.2, 0.25) is 5.02 Å². The zero-order chi connectivity index (χ0) is 15.4. The highest BCUT2D eigenvalue weighted by Crippen LogP contribution is 2.24. The Balaban J connectivity index is 2.17. The second-order valence-corrected chi connectivity index (χ2v) is 5.94. The Morgan fingerprint density at radius 1 is 1.24 bits per heavy atom. The van der Waals surface area contributed by atoms with E-state index >= 15 is 0 Å². The molecule has 1 N–H and O–H groups in total. The highest BCUT2D eigenvalue weighted by atomic mass is 79.9. The van der Waals surface area contributed by atoms with Gasteiger partial charge in [0.2, 0.25) is 0 Å². The van der Waals surface area contributed by atoms with Gasteiger partial charge in [0.25, 0.3) is 5.91 Å². The molecule has 0 bridgehead atoms. The van der Waals surface area contributed by atoms with Crippen molar-refractivity contribution in [2.24, 2.45) is 0 Å². The number of ether oxygens (including phenoxy) is 1. The molecule has 21 heavy (non-hydrogen) atoms. The molecule has 110 valence electrons. The van der Waals surface area contributed by atoms with E-state index in [1.165, 1.54) is 7.11 Å². The number of hydrogen-bond donors (Lipinski definition) is 1. The molecule has 3 nitrogen and oxygen atoms in total. The third kappa shape index (κ3) is 3.99. The number of carbonyl (C=O) groups is 1. The number of rotatable bonds is 4. The van der Waals surface area contributed by atoms with Crippen LogP contribution in [-0.4, -0.2) is 13.0 Å². The van der Waals surface area contributed by atoms with Crippen molar-refractivity contribution in [3.63, 3.8) is 0 Å². The summed E-state index contributed by atoms with van der Waals surface area (Å²) >= 11 is 9.34. The molecule has 2 aromatic carbocycles. The minimum Gasteiger partial charge on any atom is -0.496 e. The van der Waals surface area contributed by atoms with E-state index in [0.29, 0.717) is 16.3 Å². The molecular weight excluding hydrogens is 354 g/mol. The summed E-state index contributed by atoms with van der Waals surface area (Å²) in [6.07, 6.45) is 0. The first-order valence-corrected chi connectivity index (χ1v) is 7.58. The number of amides is 1. The highest BCUT2D eigenvalue weighted by molar-refractivity contribution is 9.10. The Morgan fingerprint density at radius 2 is 1.90 bits per heavy atom. The van der Waals surface area contributed by atoms with Crippen molar-refractivity contribution in [2.45, 2.75) is 13.0 Å². The van der Waals surface area contributed by atoms with E-state index in [1.54, 1.807) is 18.2 Å². The van der Waals surface area contributed by atoms with E-state index in [0.717, 1.165) is 10.0 Å². The summed E-state index contributed by atoms with van der Waals surface area (Å²) in [5, 5.41) is 3.44. The predicted octanol–water partition coefficient (Wildman–Crippen LogP) is 4.60. The Morgan fingerprint density at radius 3 is 2.52 bits per heavy atom. The minimum absolute atomic E-state index is 0.116. The van der Waals surface area contributed by atoms with Crippen molar-refractivity contribution in [1.29, 1.82) is 0 Å². The molecular formula is C16H15BrClNO2. The van der Waals surface area contributed by atoms with Gasteiger partial charge in [0.05, 0.1) is 18.7 Å². The molecule has 0 fully saturated rings. The van der Waals surface area contributed by atoms with Gasteiger partial charge in [-0.2, -0.15) is 0 Å². The molecule has 0 aliphatic rings. The van der Waals surface area contributed by atoms with Crippen molar-refractivity contribution in [3.05, 3.63) is 63.1 Å². The lowest BCUT2D eigenvalue weighted by atomic mass is 10.1. The van der Waals surface area contributed by atoms with Gasteiger partial charge in [0.1, 0.15) is 5.75 Å². The number of carbonyl (C=O) groups excluding carboxylic acids is 1. The second kappa shape index (κ2) is 6.96. The van der Waals surface area contributed by atoms with Gasteiger partial charge in [-0.05, 0) is 42.8 Å². The van der Waals surface area contributed by atoms with Crippen molar-refractivity contribution < 1.29 is 9.53 Å². The fourth-order valence-electron chi connectivity index (χ4n) is 1.97. The number of benzene rings is 2. The van der Waals surface area contributed by atoms with Crippen LogP contribution < -0.4 is 10.1 Å². The van der Waals surface area contributed by atoms with Crippen LogP contribution in [0.4, 0.5) is 0 Å². The largest absolute Gasteiger partial charge is 0.496 e. The molecule has 1 amide bonds. The van der Waals surface area contributed by atoms with Gasteiger partial charge in [-0.3, -0.25) is 4.79 Å². The third-order valence-electron chi connectivity index (χ3n) is 3.12. The average molecular weight is 369 g/mol. The SMILES string of the molecule is COc1ccc(Cl)cc1C(=O)N[C@H](C)c1ccc(Br)cc1. The first-order valence-electron chi connectivity index (χ1n) is 6.41. The zero-order valence-electron chi connectivity index (χ0n) is 11.7. The van der Waals surface area contributed by atoms with Crippen LogP contribution in [0.3, 0.4) is 0 Å². The molecule has 0 unspecified atom stereocenters. The van der Waals surface area contributed by atoms with E-state index in [2.05, 4.69) is 21.2 Å². The maximum absolute atomic E-state index is 12.4. The van der Waals surface area contributed by atoms with Gasteiger partial charge in [0.15, 0.2) is 0 Å². The average Bonchev–Trinajstić information content (AvgIpc) is 2.47. The van der Waals surface area contributed by atoms with E-state index in [1.807, 2.05) is 31.2 Å².